The van der Waals surface area contributed by atoms with Gasteiger partial charge >= 0.3 is 5.97 Å². The van der Waals surface area contributed by atoms with Crippen LogP contribution in [0.1, 0.15) is 32.3 Å². The first-order valence-electron chi connectivity index (χ1n) is 5.49. The Balaban J connectivity index is 3.03. The van der Waals surface area contributed by atoms with Crippen LogP contribution in [0.3, 0.4) is 0 Å². The van der Waals surface area contributed by atoms with Crippen LogP contribution in [0, 0.1) is 5.92 Å². The molecule has 1 rings (SSSR count). The average molecular weight is 241 g/mol. The van der Waals surface area contributed by atoms with Gasteiger partial charge in [0.1, 0.15) is 0 Å². The largest absolute Gasteiger partial charge is 0.466 e. The lowest BCUT2D eigenvalue weighted by Gasteiger charge is -2.20. The van der Waals surface area contributed by atoms with Gasteiger partial charge in [0, 0.05) is 5.02 Å². The Bertz CT molecular complexity index is 361. The summed E-state index contributed by atoms with van der Waals surface area (Å²) in [5.41, 5.74) is 0.845. The van der Waals surface area contributed by atoms with E-state index in [0.717, 1.165) is 5.56 Å². The maximum atomic E-state index is 11.9. The van der Waals surface area contributed by atoms with E-state index in [2.05, 4.69) is 0 Å². The molecule has 0 amide bonds. The SMILES string of the molecule is CCOC(=O)C(c1ccccc1Cl)C(C)C. The predicted molar refractivity (Wildman–Crippen MR) is 65.7 cm³/mol. The van der Waals surface area contributed by atoms with E-state index < -0.39 is 0 Å². The number of carbonyl (C=O) groups is 1. The van der Waals surface area contributed by atoms with E-state index in [0.29, 0.717) is 11.6 Å². The van der Waals surface area contributed by atoms with Crippen LogP contribution in [0.15, 0.2) is 24.3 Å². The van der Waals surface area contributed by atoms with Crippen LogP contribution in [0.2, 0.25) is 5.02 Å². The van der Waals surface area contributed by atoms with E-state index in [1.807, 2.05) is 39.0 Å². The Hall–Kier alpha value is -1.02. The van der Waals surface area contributed by atoms with Crippen LogP contribution >= 0.6 is 11.6 Å². The molecular formula is C13H17ClO2. The predicted octanol–water partition coefficient (Wildman–Crippen LogP) is 3.64. The van der Waals surface area contributed by atoms with Crippen molar-refractivity contribution in [2.45, 2.75) is 26.7 Å². The second-order valence-corrected chi connectivity index (χ2v) is 4.40. The van der Waals surface area contributed by atoms with Crippen LogP contribution < -0.4 is 0 Å². The van der Waals surface area contributed by atoms with E-state index in [-0.39, 0.29) is 17.8 Å². The maximum Gasteiger partial charge on any atom is 0.313 e. The molecule has 0 spiro atoms. The van der Waals surface area contributed by atoms with Crippen molar-refractivity contribution in [3.63, 3.8) is 0 Å². The highest BCUT2D eigenvalue weighted by atomic mass is 35.5. The van der Waals surface area contributed by atoms with Gasteiger partial charge in [-0.3, -0.25) is 4.79 Å². The smallest absolute Gasteiger partial charge is 0.313 e. The summed E-state index contributed by atoms with van der Waals surface area (Å²) in [5, 5.41) is 0.620. The van der Waals surface area contributed by atoms with Gasteiger partial charge in [-0.15, -0.1) is 0 Å². The fourth-order valence-electron chi connectivity index (χ4n) is 1.72. The molecule has 0 N–H and O–H groups in total. The van der Waals surface area contributed by atoms with Crippen LogP contribution in [0.25, 0.3) is 0 Å². The van der Waals surface area contributed by atoms with Gasteiger partial charge in [-0.1, -0.05) is 43.6 Å². The highest BCUT2D eigenvalue weighted by Gasteiger charge is 2.27. The van der Waals surface area contributed by atoms with Gasteiger partial charge in [0.25, 0.3) is 0 Å². The van der Waals surface area contributed by atoms with Crippen molar-refractivity contribution in [1.82, 2.24) is 0 Å². The number of hydrogen-bond donors (Lipinski definition) is 0. The molecule has 1 aromatic rings. The first kappa shape index (κ1) is 13.0. The monoisotopic (exact) mass is 240 g/mol. The number of carbonyl (C=O) groups excluding carboxylic acids is 1. The van der Waals surface area contributed by atoms with Gasteiger partial charge < -0.3 is 4.74 Å². The summed E-state index contributed by atoms with van der Waals surface area (Å²) in [6.07, 6.45) is 0. The Labute approximate surface area is 102 Å². The summed E-state index contributed by atoms with van der Waals surface area (Å²) in [6.45, 7) is 6.18. The molecule has 0 saturated heterocycles. The van der Waals surface area contributed by atoms with Crippen molar-refractivity contribution < 1.29 is 9.53 Å². The molecule has 88 valence electrons. The molecule has 0 radical (unpaired) electrons. The van der Waals surface area contributed by atoms with Crippen molar-refractivity contribution >= 4 is 17.6 Å². The molecule has 0 aliphatic carbocycles. The second kappa shape index (κ2) is 5.90. The Morgan fingerprint density at radius 1 is 1.38 bits per heavy atom. The molecule has 1 aromatic carbocycles. The molecular weight excluding hydrogens is 224 g/mol. The quantitative estimate of drug-likeness (QED) is 0.751. The summed E-state index contributed by atoms with van der Waals surface area (Å²) in [7, 11) is 0. The molecule has 0 saturated carbocycles. The summed E-state index contributed by atoms with van der Waals surface area (Å²) >= 11 is 6.10. The van der Waals surface area contributed by atoms with Gasteiger partial charge in [0.15, 0.2) is 0 Å². The third kappa shape index (κ3) is 2.99. The van der Waals surface area contributed by atoms with Crippen LogP contribution in [-0.2, 0) is 9.53 Å². The van der Waals surface area contributed by atoms with Gasteiger partial charge in [0.2, 0.25) is 0 Å². The molecule has 0 aliphatic rings. The Kier molecular flexibility index (Phi) is 4.81. The molecule has 16 heavy (non-hydrogen) atoms. The minimum atomic E-state index is -0.284. The third-order valence-electron chi connectivity index (χ3n) is 2.45. The average Bonchev–Trinajstić information content (AvgIpc) is 2.21. The van der Waals surface area contributed by atoms with E-state index in [4.69, 9.17) is 16.3 Å². The Morgan fingerprint density at radius 3 is 2.50 bits per heavy atom. The topological polar surface area (TPSA) is 26.3 Å². The van der Waals surface area contributed by atoms with E-state index in [9.17, 15) is 4.79 Å². The summed E-state index contributed by atoms with van der Waals surface area (Å²) in [5.74, 6) is -0.321. The van der Waals surface area contributed by atoms with E-state index in [1.54, 1.807) is 6.07 Å². The molecule has 3 heteroatoms. The first-order valence-corrected chi connectivity index (χ1v) is 5.86. The zero-order chi connectivity index (χ0) is 12.1. The van der Waals surface area contributed by atoms with Crippen molar-refractivity contribution in [2.24, 2.45) is 5.92 Å². The number of halogens is 1. The molecule has 0 fully saturated rings. The zero-order valence-electron chi connectivity index (χ0n) is 9.87. The van der Waals surface area contributed by atoms with E-state index in [1.165, 1.54) is 0 Å². The minimum Gasteiger partial charge on any atom is -0.466 e. The van der Waals surface area contributed by atoms with Crippen molar-refractivity contribution in [3.8, 4) is 0 Å². The Morgan fingerprint density at radius 2 is 2.00 bits per heavy atom. The number of hydrogen-bond acceptors (Lipinski definition) is 2. The first-order chi connectivity index (χ1) is 7.57. The standard InChI is InChI=1S/C13H17ClO2/c1-4-16-13(15)12(9(2)3)10-7-5-6-8-11(10)14/h5-9,12H,4H2,1-3H3. The maximum absolute atomic E-state index is 11.9. The molecule has 1 unspecified atom stereocenters. The lowest BCUT2D eigenvalue weighted by Crippen LogP contribution is -2.21. The van der Waals surface area contributed by atoms with Gasteiger partial charge in [-0.2, -0.15) is 0 Å². The number of ether oxygens (including phenoxy) is 1. The normalized spacial score (nSPS) is 12.6. The lowest BCUT2D eigenvalue weighted by atomic mass is 9.88. The molecule has 1 atom stereocenters. The zero-order valence-corrected chi connectivity index (χ0v) is 10.6. The third-order valence-corrected chi connectivity index (χ3v) is 2.79. The van der Waals surface area contributed by atoms with Gasteiger partial charge in [-0.25, -0.2) is 0 Å². The van der Waals surface area contributed by atoms with Crippen molar-refractivity contribution in [2.75, 3.05) is 6.61 Å². The minimum absolute atomic E-state index is 0.166. The number of esters is 1. The van der Waals surface area contributed by atoms with Gasteiger partial charge in [-0.05, 0) is 24.5 Å². The molecule has 0 aliphatic heterocycles. The van der Waals surface area contributed by atoms with Crippen molar-refractivity contribution in [3.05, 3.63) is 34.9 Å². The van der Waals surface area contributed by atoms with Crippen molar-refractivity contribution in [1.29, 1.82) is 0 Å². The van der Waals surface area contributed by atoms with E-state index >= 15 is 0 Å². The summed E-state index contributed by atoms with van der Waals surface area (Å²) in [6, 6.07) is 7.42. The van der Waals surface area contributed by atoms with Crippen LogP contribution in [0.5, 0.6) is 0 Å². The molecule has 0 bridgehead atoms. The fourth-order valence-corrected chi connectivity index (χ4v) is 1.97. The molecule has 0 heterocycles. The lowest BCUT2D eigenvalue weighted by molar-refractivity contribution is -0.146. The number of rotatable bonds is 4. The van der Waals surface area contributed by atoms with Gasteiger partial charge in [0.05, 0.1) is 12.5 Å². The van der Waals surface area contributed by atoms with Crippen LogP contribution in [0.4, 0.5) is 0 Å². The molecule has 2 nitrogen and oxygen atoms in total. The summed E-state index contributed by atoms with van der Waals surface area (Å²) < 4.78 is 5.08. The second-order valence-electron chi connectivity index (χ2n) is 4.00. The molecule has 0 aromatic heterocycles. The fraction of sp³-hybridized carbons (Fsp3) is 0.462. The highest BCUT2D eigenvalue weighted by Crippen LogP contribution is 2.31. The van der Waals surface area contributed by atoms with Crippen LogP contribution in [-0.4, -0.2) is 12.6 Å². The summed E-state index contributed by atoms with van der Waals surface area (Å²) in [4.78, 5) is 11.9. The number of benzene rings is 1. The highest BCUT2D eigenvalue weighted by molar-refractivity contribution is 6.31.